The summed E-state index contributed by atoms with van der Waals surface area (Å²) in [6, 6.07) is 0. The van der Waals surface area contributed by atoms with Gasteiger partial charge in [-0.15, -0.1) is 0 Å². The molecular formula is C68H96N8O36S4. The van der Waals surface area contributed by atoms with Crippen molar-refractivity contribution in [3.05, 3.63) is 0 Å². The van der Waals surface area contributed by atoms with Gasteiger partial charge in [0.25, 0.3) is 0 Å². The SMILES string of the molecule is CC(=O)OC[C@H]1O[C@H](NC(=S)N2CCN(C(=S)N[C@H]3O[C@H](COC(C)=O)[C@@H](OC(C)=O)[C@H](OC(C)=O)[C@@H]3OC(C)=O)CCN(C(=S)N[C@H]3O[C@H](COC(C)=O)[C@@H](OC(C)=O)[C@H](OC(C)=O)[C@@H]3OC(C)=O)CCN(C(=S)N[C@H]3O[C@H](COC(C)=O)[C@@H](OC(C)=O)[C@H](OC(C)=O)[C@@H]3OC(C)=O)CC2)[C@@H](OC(C)=O)[C@@H](OC(C)=O)[C@@H]1OC(C)=O. The van der Waals surface area contributed by atoms with Crippen LogP contribution >= 0.6 is 48.9 Å². The molecule has 0 bridgehead atoms. The molecule has 5 aliphatic heterocycles. The number of nitrogens with one attached hydrogen (secondary N) is 4. The molecule has 0 radical (unpaired) electrons. The molecule has 5 heterocycles. The first-order chi connectivity index (χ1) is 54.3. The number of hydrogen-bond donors (Lipinski definition) is 4. The van der Waals surface area contributed by atoms with Crippen LogP contribution in [0.3, 0.4) is 0 Å². The van der Waals surface area contributed by atoms with Crippen LogP contribution in [-0.4, -0.2) is 337 Å². The van der Waals surface area contributed by atoms with Crippen LogP contribution in [-0.2, 0) is 171 Å². The van der Waals surface area contributed by atoms with E-state index >= 15 is 0 Å². The molecule has 0 unspecified atom stereocenters. The average molecular weight is 1730 g/mol. The van der Waals surface area contributed by atoms with E-state index in [-0.39, 0.29) is 72.8 Å². The van der Waals surface area contributed by atoms with Crippen LogP contribution in [0.5, 0.6) is 0 Å². The van der Waals surface area contributed by atoms with Crippen LogP contribution in [0, 0.1) is 0 Å². The smallest absolute Gasteiger partial charge is 0.303 e. The van der Waals surface area contributed by atoms with Crippen LogP contribution in [0.15, 0.2) is 0 Å². The Morgan fingerprint density at radius 1 is 0.224 bits per heavy atom. The molecule has 20 atom stereocenters. The molecule has 0 spiro atoms. The van der Waals surface area contributed by atoms with Gasteiger partial charge in [0.1, 0.15) is 50.8 Å². The fraction of sp³-hybridized carbons (Fsp3) is 0.706. The van der Waals surface area contributed by atoms with Crippen LogP contribution in [0.1, 0.15) is 111 Å². The lowest BCUT2D eigenvalue weighted by Crippen LogP contribution is -2.68. The molecule has 48 heteroatoms. The molecule has 0 aromatic heterocycles. The van der Waals surface area contributed by atoms with E-state index in [1.807, 2.05) is 0 Å². The summed E-state index contributed by atoms with van der Waals surface area (Å²) in [5, 5.41) is 10.8. The summed E-state index contributed by atoms with van der Waals surface area (Å²) < 4.78 is 115. The molecule has 0 aromatic carbocycles. The second kappa shape index (κ2) is 45.6. The van der Waals surface area contributed by atoms with Crippen molar-refractivity contribution in [2.45, 2.75) is 233 Å². The van der Waals surface area contributed by atoms with E-state index in [1.165, 1.54) is 19.6 Å². The first-order valence-electron chi connectivity index (χ1n) is 35.8. The summed E-state index contributed by atoms with van der Waals surface area (Å²) in [5.41, 5.74) is 0. The number of nitrogens with zero attached hydrogens (tertiary/aromatic N) is 4. The van der Waals surface area contributed by atoms with E-state index in [2.05, 4.69) is 21.3 Å². The summed E-state index contributed by atoms with van der Waals surface area (Å²) in [5.74, 6) is -14.9. The predicted molar refractivity (Wildman–Crippen MR) is 397 cm³/mol. The lowest BCUT2D eigenvalue weighted by atomic mass is 9.97. The van der Waals surface area contributed by atoms with Gasteiger partial charge in [-0.05, 0) is 48.9 Å². The highest BCUT2D eigenvalue weighted by atomic mass is 32.1. The number of thiocarbonyl (C=S) groups is 4. The maximum atomic E-state index is 13.1. The zero-order valence-corrected chi connectivity index (χ0v) is 69.4. The molecule has 0 saturated carbocycles. The molecule has 0 amide bonds. The highest BCUT2D eigenvalue weighted by molar-refractivity contribution is 7.80. The summed E-state index contributed by atoms with van der Waals surface area (Å²) in [4.78, 5) is 211. The van der Waals surface area contributed by atoms with Gasteiger partial charge in [0.15, 0.2) is 119 Å². The zero-order chi connectivity index (χ0) is 86.9. The average Bonchev–Trinajstić information content (AvgIpc) is 0.799. The van der Waals surface area contributed by atoms with Crippen molar-refractivity contribution in [3.63, 3.8) is 0 Å². The van der Waals surface area contributed by atoms with Crippen LogP contribution in [0.25, 0.3) is 0 Å². The molecule has 5 saturated heterocycles. The fourth-order valence-electron chi connectivity index (χ4n) is 12.5. The largest absolute Gasteiger partial charge is 0.463 e. The first kappa shape index (κ1) is 96.7. The maximum Gasteiger partial charge on any atom is 0.303 e. The fourth-order valence-corrected chi connectivity index (χ4v) is 13.7. The Hall–Kier alpha value is -9.88. The minimum absolute atomic E-state index is 0.295. The Balaban J connectivity index is 1.80. The summed E-state index contributed by atoms with van der Waals surface area (Å²) in [6.07, 6.45) is -33.3. The highest BCUT2D eigenvalue weighted by Gasteiger charge is 2.57. The molecule has 0 aliphatic carbocycles. The van der Waals surface area contributed by atoms with Crippen molar-refractivity contribution < 1.29 is 171 Å². The minimum Gasteiger partial charge on any atom is -0.463 e. The lowest BCUT2D eigenvalue weighted by Gasteiger charge is -2.46. The quantitative estimate of drug-likeness (QED) is 0.0426. The Morgan fingerprint density at radius 2 is 0.353 bits per heavy atom. The maximum absolute atomic E-state index is 13.1. The third kappa shape index (κ3) is 30.6. The second-order valence-electron chi connectivity index (χ2n) is 26.2. The van der Waals surface area contributed by atoms with Gasteiger partial charge in [-0.3, -0.25) is 76.7 Å². The van der Waals surface area contributed by atoms with Crippen molar-refractivity contribution in [3.8, 4) is 0 Å². The van der Waals surface area contributed by atoms with E-state index in [9.17, 15) is 76.7 Å². The summed E-state index contributed by atoms with van der Waals surface area (Å²) >= 11 is 24.9. The molecule has 0 aromatic rings. The van der Waals surface area contributed by atoms with Gasteiger partial charge < -0.3 is 136 Å². The van der Waals surface area contributed by atoms with E-state index in [0.717, 1.165) is 111 Å². The Labute approximate surface area is 686 Å². The van der Waals surface area contributed by atoms with Crippen LogP contribution < -0.4 is 21.3 Å². The Kier molecular flexibility index (Phi) is 38.0. The molecule has 5 fully saturated rings. The van der Waals surface area contributed by atoms with Gasteiger partial charge in [0.05, 0.1) is 0 Å². The normalized spacial score (nSPS) is 28.0. The second-order valence-corrected chi connectivity index (χ2v) is 27.8. The first-order valence-corrected chi connectivity index (χ1v) is 37.4. The summed E-state index contributed by atoms with van der Waals surface area (Å²) in [7, 11) is 0. The number of hydrogen-bond acceptors (Lipinski definition) is 40. The number of carbonyl (C=O) groups excluding carboxylic acids is 16. The molecular weight excluding hydrogens is 1630 g/mol. The summed E-state index contributed by atoms with van der Waals surface area (Å²) in [6.45, 7) is 11.1. The van der Waals surface area contributed by atoms with Crippen molar-refractivity contribution in [1.29, 1.82) is 0 Å². The van der Waals surface area contributed by atoms with Crippen LogP contribution in [0.4, 0.5) is 0 Å². The molecule has 648 valence electrons. The van der Waals surface area contributed by atoms with E-state index in [1.54, 1.807) is 0 Å². The molecule has 4 N–H and O–H groups in total. The highest BCUT2D eigenvalue weighted by Crippen LogP contribution is 2.34. The third-order valence-corrected chi connectivity index (χ3v) is 18.2. The van der Waals surface area contributed by atoms with Gasteiger partial charge in [-0.25, -0.2) is 0 Å². The van der Waals surface area contributed by atoms with E-state index in [4.69, 9.17) is 144 Å². The molecule has 116 heavy (non-hydrogen) atoms. The number of carbonyl (C=O) groups is 16. The zero-order valence-electron chi connectivity index (χ0n) is 66.2. The van der Waals surface area contributed by atoms with Crippen molar-refractivity contribution >= 4 is 165 Å². The molecule has 44 nitrogen and oxygen atoms in total. The van der Waals surface area contributed by atoms with E-state index < -0.39 is 245 Å². The number of rotatable bonds is 24. The van der Waals surface area contributed by atoms with Crippen molar-refractivity contribution in [2.75, 3.05) is 78.8 Å². The standard InChI is InChI=1S/C68H96N8O36S4/c1-29(77)93-25-45-49(97-33(5)81)53(101-37(9)85)57(105-41(13)89)61(109-45)69-65(113)73-17-19-74(66(114)70-62-58(106-42(14)90)54(102-38(10)86)50(98-34(6)82)46(110-62)26-94-30(2)78)21-23-76(68(116)72-64-60(108-44(16)92)56(104-40(12)88)52(100-36(8)84)48(112-64)28-96-32(4)80)24-22-75(20-18-73)67(115)71-63-59(107-43(15)91)55(103-39(11)87)51(99-35(7)83)47(111-63)27-95-31(3)79/h45-64H,17-28H2,1-16H3,(H,69,113)(H,70,114)(H,71,115)(H,72,116)/t45-,46-,47-,48-,49-,50-,51-,52-,53+,54+,55+,56+,57+,58+,59+,60+,61+,62+,63+,64+/m1/s1. The molecule has 5 rings (SSSR count). The van der Waals surface area contributed by atoms with Crippen molar-refractivity contribution in [1.82, 2.24) is 40.9 Å². The van der Waals surface area contributed by atoms with Gasteiger partial charge in [0.2, 0.25) is 0 Å². The predicted octanol–water partition coefficient (Wildman–Crippen LogP) is -2.96. The Bertz CT molecular complexity index is 3180. The lowest BCUT2D eigenvalue weighted by molar-refractivity contribution is -0.255. The number of esters is 16. The van der Waals surface area contributed by atoms with Crippen molar-refractivity contribution in [2.24, 2.45) is 0 Å². The van der Waals surface area contributed by atoms with Gasteiger partial charge in [-0.1, -0.05) is 0 Å². The van der Waals surface area contributed by atoms with E-state index in [0.29, 0.717) is 0 Å². The minimum atomic E-state index is -1.75. The van der Waals surface area contributed by atoms with Gasteiger partial charge in [0, 0.05) is 163 Å². The topological polar surface area (TPSA) is 519 Å². The van der Waals surface area contributed by atoms with Crippen LogP contribution in [0.2, 0.25) is 0 Å². The molecule has 5 aliphatic rings. The Morgan fingerprint density at radius 3 is 0.483 bits per heavy atom. The number of ether oxygens (including phenoxy) is 20. The van der Waals surface area contributed by atoms with Gasteiger partial charge in [-0.2, -0.15) is 0 Å². The third-order valence-electron chi connectivity index (χ3n) is 16.7. The van der Waals surface area contributed by atoms with Gasteiger partial charge >= 0.3 is 95.5 Å². The monoisotopic (exact) mass is 1730 g/mol.